The average molecular weight is 401 g/mol. The summed E-state index contributed by atoms with van der Waals surface area (Å²) in [5.41, 5.74) is 1.21. The fourth-order valence-corrected chi connectivity index (χ4v) is 3.03. The van der Waals surface area contributed by atoms with Crippen LogP contribution in [-0.2, 0) is 6.54 Å². The SMILES string of the molecule is CN1CCC(Oc2ccc(Br)c(Br)c2)c2occc2C1. The van der Waals surface area contributed by atoms with Crippen molar-refractivity contribution in [1.29, 1.82) is 0 Å². The number of hydrogen-bond donors (Lipinski definition) is 0. The first kappa shape index (κ1) is 14.2. The first-order chi connectivity index (χ1) is 9.63. The van der Waals surface area contributed by atoms with E-state index in [0.29, 0.717) is 0 Å². The zero-order valence-electron chi connectivity index (χ0n) is 11.1. The molecule has 2 heterocycles. The summed E-state index contributed by atoms with van der Waals surface area (Å²) >= 11 is 6.97. The summed E-state index contributed by atoms with van der Waals surface area (Å²) in [7, 11) is 2.12. The van der Waals surface area contributed by atoms with Gasteiger partial charge < -0.3 is 14.1 Å². The molecule has 0 bridgehead atoms. The molecule has 0 spiro atoms. The molecule has 3 nitrogen and oxygen atoms in total. The van der Waals surface area contributed by atoms with Crippen molar-refractivity contribution in [2.45, 2.75) is 19.1 Å². The number of halogens is 2. The van der Waals surface area contributed by atoms with Gasteiger partial charge in [0.25, 0.3) is 0 Å². The number of hydrogen-bond acceptors (Lipinski definition) is 3. The molecule has 20 heavy (non-hydrogen) atoms. The van der Waals surface area contributed by atoms with Gasteiger partial charge in [-0.3, -0.25) is 0 Å². The Hall–Kier alpha value is -0.780. The molecule has 0 fully saturated rings. The van der Waals surface area contributed by atoms with Crippen LogP contribution >= 0.6 is 31.9 Å². The van der Waals surface area contributed by atoms with Crippen molar-refractivity contribution in [1.82, 2.24) is 4.90 Å². The van der Waals surface area contributed by atoms with Gasteiger partial charge in [-0.05, 0) is 63.2 Å². The van der Waals surface area contributed by atoms with Crippen molar-refractivity contribution in [2.24, 2.45) is 0 Å². The highest BCUT2D eigenvalue weighted by atomic mass is 79.9. The molecule has 2 aromatic rings. The fourth-order valence-electron chi connectivity index (χ4n) is 2.43. The van der Waals surface area contributed by atoms with Gasteiger partial charge in [0.05, 0.1) is 6.26 Å². The third-order valence-electron chi connectivity index (χ3n) is 3.46. The maximum absolute atomic E-state index is 6.13. The van der Waals surface area contributed by atoms with Gasteiger partial charge in [-0.1, -0.05) is 0 Å². The topological polar surface area (TPSA) is 25.6 Å². The molecule has 106 valence electrons. The molecular weight excluding hydrogens is 386 g/mol. The summed E-state index contributed by atoms with van der Waals surface area (Å²) in [6.45, 7) is 1.91. The average Bonchev–Trinajstić information content (AvgIpc) is 2.81. The molecule has 1 unspecified atom stereocenters. The Morgan fingerprint density at radius 1 is 1.25 bits per heavy atom. The molecule has 0 N–H and O–H groups in total. The Labute approximate surface area is 135 Å². The summed E-state index contributed by atoms with van der Waals surface area (Å²) in [6.07, 6.45) is 2.64. The molecule has 0 aliphatic carbocycles. The summed E-state index contributed by atoms with van der Waals surface area (Å²) in [4.78, 5) is 2.29. The van der Waals surface area contributed by atoms with Crippen molar-refractivity contribution >= 4 is 31.9 Å². The summed E-state index contributed by atoms with van der Waals surface area (Å²) in [5.74, 6) is 1.80. The van der Waals surface area contributed by atoms with E-state index in [9.17, 15) is 0 Å². The van der Waals surface area contributed by atoms with Crippen molar-refractivity contribution in [2.75, 3.05) is 13.6 Å². The number of nitrogens with zero attached hydrogens (tertiary/aromatic N) is 1. The molecule has 1 aromatic heterocycles. The van der Waals surface area contributed by atoms with Gasteiger partial charge in [-0.25, -0.2) is 0 Å². The molecule has 1 aliphatic rings. The molecule has 3 rings (SSSR count). The van der Waals surface area contributed by atoms with Crippen LogP contribution in [0.3, 0.4) is 0 Å². The van der Waals surface area contributed by atoms with Crippen LogP contribution in [0.5, 0.6) is 5.75 Å². The van der Waals surface area contributed by atoms with Crippen LogP contribution in [0.15, 0.2) is 43.9 Å². The number of benzene rings is 1. The normalized spacial score (nSPS) is 19.4. The molecule has 1 aromatic carbocycles. The second-order valence-electron chi connectivity index (χ2n) is 5.02. The molecular formula is C15H15Br2NO2. The maximum Gasteiger partial charge on any atom is 0.158 e. The molecule has 1 atom stereocenters. The highest BCUT2D eigenvalue weighted by molar-refractivity contribution is 9.13. The van der Waals surface area contributed by atoms with Crippen LogP contribution in [0.2, 0.25) is 0 Å². The predicted molar refractivity (Wildman–Crippen MR) is 84.9 cm³/mol. The quantitative estimate of drug-likeness (QED) is 0.726. The second-order valence-corrected chi connectivity index (χ2v) is 6.73. The van der Waals surface area contributed by atoms with Crippen molar-refractivity contribution in [3.05, 3.63) is 50.8 Å². The minimum absolute atomic E-state index is 0.0296. The zero-order chi connectivity index (χ0) is 14.1. The Morgan fingerprint density at radius 2 is 2.10 bits per heavy atom. The van der Waals surface area contributed by atoms with Gasteiger partial charge in [-0.15, -0.1) is 0 Å². The maximum atomic E-state index is 6.13. The Bertz CT molecular complexity index is 612. The predicted octanol–water partition coefficient (Wildman–Crippen LogP) is 4.76. The van der Waals surface area contributed by atoms with Crippen LogP contribution in [0, 0.1) is 0 Å². The van der Waals surface area contributed by atoms with Gasteiger partial charge in [0.1, 0.15) is 11.5 Å². The first-order valence-corrected chi connectivity index (χ1v) is 8.08. The highest BCUT2D eigenvalue weighted by Gasteiger charge is 2.25. The molecule has 0 amide bonds. The van der Waals surface area contributed by atoms with Crippen LogP contribution in [0.4, 0.5) is 0 Å². The van der Waals surface area contributed by atoms with E-state index in [1.165, 1.54) is 5.56 Å². The van der Waals surface area contributed by atoms with E-state index in [0.717, 1.165) is 40.0 Å². The standard InChI is InChI=1S/C15H15Br2NO2/c1-18-6-4-14(15-10(9-18)5-7-19-15)20-11-2-3-12(16)13(17)8-11/h2-3,5,7-8,14H,4,6,9H2,1H3. The zero-order valence-corrected chi connectivity index (χ0v) is 14.3. The number of rotatable bonds is 2. The van der Waals surface area contributed by atoms with Gasteiger partial charge in [0, 0.05) is 34.0 Å². The van der Waals surface area contributed by atoms with E-state index in [2.05, 4.69) is 43.8 Å². The minimum Gasteiger partial charge on any atom is -0.482 e. The van der Waals surface area contributed by atoms with E-state index >= 15 is 0 Å². The Morgan fingerprint density at radius 3 is 2.90 bits per heavy atom. The van der Waals surface area contributed by atoms with Crippen LogP contribution in [0.1, 0.15) is 23.8 Å². The Balaban J connectivity index is 1.85. The van der Waals surface area contributed by atoms with Crippen LogP contribution < -0.4 is 4.74 Å². The van der Waals surface area contributed by atoms with E-state index < -0.39 is 0 Å². The van der Waals surface area contributed by atoms with Gasteiger partial charge >= 0.3 is 0 Å². The molecule has 0 radical (unpaired) electrons. The molecule has 1 aliphatic heterocycles. The number of fused-ring (bicyclic) bond motifs is 1. The largest absolute Gasteiger partial charge is 0.482 e. The van der Waals surface area contributed by atoms with E-state index in [1.54, 1.807) is 6.26 Å². The number of furan rings is 1. The lowest BCUT2D eigenvalue weighted by Gasteiger charge is -2.17. The van der Waals surface area contributed by atoms with Gasteiger partial charge in [0.15, 0.2) is 6.10 Å². The molecule has 5 heteroatoms. The fraction of sp³-hybridized carbons (Fsp3) is 0.333. The summed E-state index contributed by atoms with van der Waals surface area (Å²) in [6, 6.07) is 7.95. The van der Waals surface area contributed by atoms with E-state index in [1.807, 2.05) is 24.3 Å². The number of ether oxygens (including phenoxy) is 1. The smallest absolute Gasteiger partial charge is 0.158 e. The summed E-state index contributed by atoms with van der Waals surface area (Å²) in [5, 5.41) is 0. The molecule has 0 saturated carbocycles. The van der Waals surface area contributed by atoms with Crippen molar-refractivity contribution in [3.8, 4) is 5.75 Å². The third-order valence-corrected chi connectivity index (χ3v) is 5.34. The van der Waals surface area contributed by atoms with Crippen molar-refractivity contribution in [3.63, 3.8) is 0 Å². The second kappa shape index (κ2) is 5.92. The molecule has 0 saturated heterocycles. The minimum atomic E-state index is -0.0296. The monoisotopic (exact) mass is 399 g/mol. The lowest BCUT2D eigenvalue weighted by Crippen LogP contribution is -2.18. The van der Waals surface area contributed by atoms with Gasteiger partial charge in [0.2, 0.25) is 0 Å². The van der Waals surface area contributed by atoms with Crippen LogP contribution in [-0.4, -0.2) is 18.5 Å². The third kappa shape index (κ3) is 2.95. The van der Waals surface area contributed by atoms with E-state index in [4.69, 9.17) is 9.15 Å². The van der Waals surface area contributed by atoms with Crippen molar-refractivity contribution < 1.29 is 9.15 Å². The summed E-state index contributed by atoms with van der Waals surface area (Å²) < 4.78 is 13.8. The van der Waals surface area contributed by atoms with Crippen LogP contribution in [0.25, 0.3) is 0 Å². The lowest BCUT2D eigenvalue weighted by molar-refractivity contribution is 0.158. The Kier molecular flexibility index (Phi) is 4.19. The van der Waals surface area contributed by atoms with Gasteiger partial charge in [-0.2, -0.15) is 0 Å². The lowest BCUT2D eigenvalue weighted by atomic mass is 10.1. The first-order valence-electron chi connectivity index (χ1n) is 6.50. The highest BCUT2D eigenvalue weighted by Crippen LogP contribution is 2.34. The van der Waals surface area contributed by atoms with E-state index in [-0.39, 0.29) is 6.10 Å².